The molecule has 0 amide bonds. The van der Waals surface area contributed by atoms with Crippen molar-refractivity contribution in [3.63, 3.8) is 0 Å². The highest BCUT2D eigenvalue weighted by Crippen LogP contribution is 2.08. The molecule has 0 aromatic carbocycles. The van der Waals surface area contributed by atoms with Gasteiger partial charge in [-0.05, 0) is 19.4 Å². The van der Waals surface area contributed by atoms with Gasteiger partial charge in [0.05, 0.1) is 5.56 Å². The quantitative estimate of drug-likeness (QED) is 0.349. The second kappa shape index (κ2) is 9.71. The Kier molecular flexibility index (Phi) is 8.11. The van der Waals surface area contributed by atoms with E-state index in [-0.39, 0.29) is 5.78 Å². The van der Waals surface area contributed by atoms with E-state index in [0.717, 1.165) is 12.1 Å². The molecule has 1 rings (SSSR count). The predicted molar refractivity (Wildman–Crippen MR) is 79.3 cm³/mol. The molecular weight excluding hydrogens is 234 g/mol. The summed E-state index contributed by atoms with van der Waals surface area (Å²) in [6, 6.07) is 3.84. The number of Topliss-reactive ketones (excluding diaryl/α,β-unsaturated/α-hetero) is 1. The number of carbonyl (C=O) groups excluding carboxylic acids is 1. The van der Waals surface area contributed by atoms with Crippen LogP contribution >= 0.6 is 0 Å². The van der Waals surface area contributed by atoms with Gasteiger partial charge in [-0.25, -0.2) is 4.57 Å². The van der Waals surface area contributed by atoms with Crippen LogP contribution in [0.1, 0.15) is 75.6 Å². The molecule has 0 N–H and O–H groups in total. The Hall–Kier alpha value is -1.18. The molecule has 1 aromatic rings. The minimum absolute atomic E-state index is 0.144. The SMILES string of the molecule is CCCCCCCCCC[n+]1cccc(C(C)=O)c1. The minimum atomic E-state index is 0.144. The van der Waals surface area contributed by atoms with Crippen LogP contribution in [0.3, 0.4) is 0 Å². The zero-order chi connectivity index (χ0) is 13.9. The Morgan fingerprint density at radius 2 is 1.68 bits per heavy atom. The summed E-state index contributed by atoms with van der Waals surface area (Å²) in [4.78, 5) is 11.3. The van der Waals surface area contributed by atoms with Crippen molar-refractivity contribution in [2.45, 2.75) is 71.8 Å². The lowest BCUT2D eigenvalue weighted by molar-refractivity contribution is -0.697. The van der Waals surface area contributed by atoms with Crippen LogP contribution in [0.15, 0.2) is 24.5 Å². The van der Waals surface area contributed by atoms with E-state index in [9.17, 15) is 4.79 Å². The summed E-state index contributed by atoms with van der Waals surface area (Å²) in [7, 11) is 0. The van der Waals surface area contributed by atoms with E-state index in [2.05, 4.69) is 11.5 Å². The fraction of sp³-hybridized carbons (Fsp3) is 0.647. The van der Waals surface area contributed by atoms with Gasteiger partial charge in [0.15, 0.2) is 18.2 Å². The number of aromatic nitrogens is 1. The smallest absolute Gasteiger partial charge is 0.179 e. The second-order valence-electron chi connectivity index (χ2n) is 5.36. The monoisotopic (exact) mass is 262 g/mol. The number of rotatable bonds is 10. The molecule has 19 heavy (non-hydrogen) atoms. The third-order valence-electron chi connectivity index (χ3n) is 3.53. The number of aryl methyl sites for hydroxylation is 1. The van der Waals surface area contributed by atoms with Gasteiger partial charge >= 0.3 is 0 Å². The van der Waals surface area contributed by atoms with Crippen molar-refractivity contribution < 1.29 is 9.36 Å². The van der Waals surface area contributed by atoms with Crippen LogP contribution in [0.5, 0.6) is 0 Å². The summed E-state index contributed by atoms with van der Waals surface area (Å²) in [6.07, 6.45) is 14.7. The minimum Gasteiger partial charge on any atom is -0.294 e. The topological polar surface area (TPSA) is 20.9 Å². The van der Waals surface area contributed by atoms with Gasteiger partial charge in [-0.1, -0.05) is 45.4 Å². The number of nitrogens with zero attached hydrogens (tertiary/aromatic N) is 1. The number of ketones is 1. The van der Waals surface area contributed by atoms with E-state index in [1.54, 1.807) is 6.92 Å². The Morgan fingerprint density at radius 3 is 2.32 bits per heavy atom. The molecule has 0 unspecified atom stereocenters. The number of hydrogen-bond donors (Lipinski definition) is 0. The van der Waals surface area contributed by atoms with Crippen LogP contribution in [0, 0.1) is 0 Å². The Balaban J connectivity index is 2.12. The lowest BCUT2D eigenvalue weighted by atomic mass is 10.1. The van der Waals surface area contributed by atoms with Gasteiger partial charge in [-0.3, -0.25) is 4.79 Å². The number of unbranched alkanes of at least 4 members (excludes halogenated alkanes) is 7. The third kappa shape index (κ3) is 7.09. The maximum atomic E-state index is 11.3. The van der Waals surface area contributed by atoms with E-state index in [1.807, 2.05) is 24.5 Å². The number of carbonyl (C=O) groups is 1. The lowest BCUT2D eigenvalue weighted by Gasteiger charge is -2.01. The average molecular weight is 262 g/mol. The van der Waals surface area contributed by atoms with Gasteiger partial charge < -0.3 is 0 Å². The van der Waals surface area contributed by atoms with Gasteiger partial charge in [0, 0.05) is 12.5 Å². The highest BCUT2D eigenvalue weighted by atomic mass is 16.1. The molecule has 106 valence electrons. The average Bonchev–Trinajstić information content (AvgIpc) is 2.42. The van der Waals surface area contributed by atoms with Crippen molar-refractivity contribution in [1.29, 1.82) is 0 Å². The zero-order valence-corrected chi connectivity index (χ0v) is 12.5. The molecule has 0 aliphatic rings. The van der Waals surface area contributed by atoms with Crippen LogP contribution in [-0.2, 0) is 6.54 Å². The highest BCUT2D eigenvalue weighted by Gasteiger charge is 2.05. The van der Waals surface area contributed by atoms with E-state index in [1.165, 1.54) is 51.4 Å². The van der Waals surface area contributed by atoms with Crippen LogP contribution < -0.4 is 4.57 Å². The predicted octanol–water partition coefficient (Wildman–Crippen LogP) is 4.32. The Bertz CT molecular complexity index is 373. The molecular formula is C17H28NO+. The normalized spacial score (nSPS) is 10.6. The summed E-state index contributed by atoms with van der Waals surface area (Å²) in [5, 5.41) is 0. The highest BCUT2D eigenvalue weighted by molar-refractivity contribution is 5.93. The summed E-state index contributed by atoms with van der Waals surface area (Å²) in [6.45, 7) is 4.90. The molecule has 0 aliphatic heterocycles. The van der Waals surface area contributed by atoms with Crippen LogP contribution in [0.25, 0.3) is 0 Å². The molecule has 0 saturated heterocycles. The summed E-state index contributed by atoms with van der Waals surface area (Å²) < 4.78 is 2.13. The van der Waals surface area contributed by atoms with Gasteiger partial charge in [-0.2, -0.15) is 0 Å². The molecule has 0 aliphatic carbocycles. The summed E-state index contributed by atoms with van der Waals surface area (Å²) in [5.41, 5.74) is 0.807. The lowest BCUT2D eigenvalue weighted by Crippen LogP contribution is -2.33. The van der Waals surface area contributed by atoms with Gasteiger partial charge in [0.1, 0.15) is 6.54 Å². The van der Waals surface area contributed by atoms with Crippen molar-refractivity contribution in [2.24, 2.45) is 0 Å². The molecule has 0 saturated carbocycles. The first kappa shape index (κ1) is 15.9. The largest absolute Gasteiger partial charge is 0.294 e. The maximum Gasteiger partial charge on any atom is 0.179 e. The zero-order valence-electron chi connectivity index (χ0n) is 12.5. The standard InChI is InChI=1S/C17H28NO/c1-3-4-5-6-7-8-9-10-13-18-14-11-12-17(15-18)16(2)19/h11-12,14-15H,3-10,13H2,1-2H3/q+1. The molecule has 0 atom stereocenters. The molecule has 1 aromatic heterocycles. The van der Waals surface area contributed by atoms with E-state index >= 15 is 0 Å². The first-order valence-corrected chi connectivity index (χ1v) is 7.74. The van der Waals surface area contributed by atoms with Gasteiger partial charge in [-0.15, -0.1) is 0 Å². The Morgan fingerprint density at radius 1 is 1.05 bits per heavy atom. The molecule has 2 nitrogen and oxygen atoms in total. The maximum absolute atomic E-state index is 11.3. The van der Waals surface area contributed by atoms with E-state index in [4.69, 9.17) is 0 Å². The first-order valence-electron chi connectivity index (χ1n) is 7.74. The third-order valence-corrected chi connectivity index (χ3v) is 3.53. The van der Waals surface area contributed by atoms with Crippen LogP contribution in [-0.4, -0.2) is 5.78 Å². The summed E-state index contributed by atoms with van der Waals surface area (Å²) >= 11 is 0. The van der Waals surface area contributed by atoms with Crippen molar-refractivity contribution in [3.05, 3.63) is 30.1 Å². The number of hydrogen-bond acceptors (Lipinski definition) is 1. The van der Waals surface area contributed by atoms with Crippen molar-refractivity contribution >= 4 is 5.78 Å². The fourth-order valence-electron chi connectivity index (χ4n) is 2.30. The second-order valence-corrected chi connectivity index (χ2v) is 5.36. The molecule has 0 bridgehead atoms. The van der Waals surface area contributed by atoms with Crippen molar-refractivity contribution in [3.8, 4) is 0 Å². The molecule has 0 radical (unpaired) electrons. The molecule has 1 heterocycles. The van der Waals surface area contributed by atoms with E-state index in [0.29, 0.717) is 0 Å². The van der Waals surface area contributed by atoms with E-state index < -0.39 is 0 Å². The van der Waals surface area contributed by atoms with Crippen molar-refractivity contribution in [2.75, 3.05) is 0 Å². The Labute approximate surface area is 117 Å². The number of pyridine rings is 1. The van der Waals surface area contributed by atoms with Gasteiger partial charge in [0.25, 0.3) is 0 Å². The van der Waals surface area contributed by atoms with Crippen LogP contribution in [0.2, 0.25) is 0 Å². The molecule has 0 spiro atoms. The first-order chi connectivity index (χ1) is 9.24. The van der Waals surface area contributed by atoms with Crippen LogP contribution in [0.4, 0.5) is 0 Å². The molecule has 2 heteroatoms. The fourth-order valence-corrected chi connectivity index (χ4v) is 2.30. The van der Waals surface area contributed by atoms with Crippen molar-refractivity contribution in [1.82, 2.24) is 0 Å². The molecule has 0 fully saturated rings. The van der Waals surface area contributed by atoms with Gasteiger partial charge in [0.2, 0.25) is 0 Å². The summed E-state index contributed by atoms with van der Waals surface area (Å²) in [5.74, 6) is 0.144.